The lowest BCUT2D eigenvalue weighted by Crippen LogP contribution is -2.03. The van der Waals surface area contributed by atoms with Crippen LogP contribution < -0.4 is 0 Å². The maximum absolute atomic E-state index is 9.22. The average Bonchev–Trinajstić information content (AvgIpc) is 2.17. The number of rotatable bonds is 4. The normalized spacial score (nSPS) is 10.9. The van der Waals surface area contributed by atoms with Gasteiger partial charge in [-0.05, 0) is 29.0 Å². The zero-order valence-corrected chi connectivity index (χ0v) is 9.25. The van der Waals surface area contributed by atoms with Crippen molar-refractivity contribution in [2.45, 2.75) is 46.1 Å². The lowest BCUT2D eigenvalue weighted by molar-refractivity contribution is 0.279. The van der Waals surface area contributed by atoms with E-state index in [2.05, 4.69) is 25.8 Å². The summed E-state index contributed by atoms with van der Waals surface area (Å²) >= 11 is 0. The molecule has 0 saturated heterocycles. The minimum Gasteiger partial charge on any atom is -0.392 e. The van der Waals surface area contributed by atoms with Crippen LogP contribution in [0.2, 0.25) is 0 Å². The summed E-state index contributed by atoms with van der Waals surface area (Å²) in [5.41, 5.74) is 3.55. The minimum atomic E-state index is 0.0953. The smallest absolute Gasteiger partial charge is 0.0699 e. The van der Waals surface area contributed by atoms with Gasteiger partial charge >= 0.3 is 0 Å². The van der Waals surface area contributed by atoms with Crippen LogP contribution in [0.3, 0.4) is 0 Å². The maximum atomic E-state index is 9.22. The van der Waals surface area contributed by atoms with Gasteiger partial charge in [-0.1, -0.05) is 27.2 Å². The molecule has 1 rings (SSSR count). The number of aromatic nitrogens is 1. The van der Waals surface area contributed by atoms with Gasteiger partial charge in [0.15, 0.2) is 0 Å². The number of hydrogen-bond donors (Lipinski definition) is 1. The van der Waals surface area contributed by atoms with Crippen molar-refractivity contribution < 1.29 is 5.11 Å². The van der Waals surface area contributed by atoms with Crippen molar-refractivity contribution in [2.24, 2.45) is 0 Å². The van der Waals surface area contributed by atoms with E-state index < -0.39 is 0 Å². The molecule has 0 fully saturated rings. The van der Waals surface area contributed by atoms with Gasteiger partial charge in [0, 0.05) is 12.4 Å². The van der Waals surface area contributed by atoms with Crippen molar-refractivity contribution >= 4 is 0 Å². The molecule has 2 heteroatoms. The Morgan fingerprint density at radius 2 is 1.93 bits per heavy atom. The molecule has 78 valence electrons. The molecule has 0 amide bonds. The third kappa shape index (κ3) is 2.32. The van der Waals surface area contributed by atoms with Crippen LogP contribution in [-0.2, 0) is 13.0 Å². The molecule has 1 aromatic rings. The number of aliphatic hydroxyl groups excluding tert-OH is 1. The molecule has 2 nitrogen and oxygen atoms in total. The van der Waals surface area contributed by atoms with Gasteiger partial charge in [0.05, 0.1) is 6.61 Å². The fourth-order valence-corrected chi connectivity index (χ4v) is 1.90. The Morgan fingerprint density at radius 1 is 1.29 bits per heavy atom. The van der Waals surface area contributed by atoms with Crippen LogP contribution in [0.25, 0.3) is 0 Å². The third-order valence-corrected chi connectivity index (χ3v) is 2.42. The SMILES string of the molecule is CCCc1cncc(CO)c1C(C)C. The summed E-state index contributed by atoms with van der Waals surface area (Å²) in [6, 6.07) is 0. The largest absolute Gasteiger partial charge is 0.392 e. The predicted molar refractivity (Wildman–Crippen MR) is 58.2 cm³/mol. The Morgan fingerprint density at radius 3 is 2.43 bits per heavy atom. The lowest BCUT2D eigenvalue weighted by atomic mass is 9.92. The Hall–Kier alpha value is -0.890. The van der Waals surface area contributed by atoms with Crippen molar-refractivity contribution in [3.05, 3.63) is 29.1 Å². The monoisotopic (exact) mass is 193 g/mol. The second kappa shape index (κ2) is 5.11. The lowest BCUT2D eigenvalue weighted by Gasteiger charge is -2.15. The van der Waals surface area contributed by atoms with Gasteiger partial charge in [0.1, 0.15) is 0 Å². The number of aliphatic hydroxyl groups is 1. The highest BCUT2D eigenvalue weighted by molar-refractivity contribution is 5.34. The summed E-state index contributed by atoms with van der Waals surface area (Å²) in [5, 5.41) is 9.22. The molecule has 0 radical (unpaired) electrons. The molecule has 0 aliphatic carbocycles. The molecule has 0 aliphatic heterocycles. The molecule has 0 bridgehead atoms. The maximum Gasteiger partial charge on any atom is 0.0699 e. The van der Waals surface area contributed by atoms with E-state index in [4.69, 9.17) is 0 Å². The van der Waals surface area contributed by atoms with Crippen molar-refractivity contribution in [1.29, 1.82) is 0 Å². The number of nitrogens with zero attached hydrogens (tertiary/aromatic N) is 1. The van der Waals surface area contributed by atoms with E-state index in [1.165, 1.54) is 11.1 Å². The summed E-state index contributed by atoms with van der Waals surface area (Å²) in [4.78, 5) is 4.16. The molecular weight excluding hydrogens is 174 g/mol. The first-order valence-corrected chi connectivity index (χ1v) is 5.27. The molecule has 1 aromatic heterocycles. The van der Waals surface area contributed by atoms with E-state index >= 15 is 0 Å². The van der Waals surface area contributed by atoms with Gasteiger partial charge in [0.25, 0.3) is 0 Å². The summed E-state index contributed by atoms with van der Waals surface area (Å²) in [6.07, 6.45) is 5.87. The van der Waals surface area contributed by atoms with Crippen LogP contribution in [0.5, 0.6) is 0 Å². The van der Waals surface area contributed by atoms with Gasteiger partial charge in [-0.15, -0.1) is 0 Å². The molecular formula is C12H19NO. The van der Waals surface area contributed by atoms with Crippen LogP contribution >= 0.6 is 0 Å². The molecule has 0 aromatic carbocycles. The number of hydrogen-bond acceptors (Lipinski definition) is 2. The van der Waals surface area contributed by atoms with E-state index in [0.717, 1.165) is 18.4 Å². The highest BCUT2D eigenvalue weighted by Gasteiger charge is 2.11. The standard InChI is InChI=1S/C12H19NO/c1-4-5-10-6-13-7-11(8-14)12(10)9(2)3/h6-7,9,14H,4-5,8H2,1-3H3. The fraction of sp³-hybridized carbons (Fsp3) is 0.583. The van der Waals surface area contributed by atoms with Gasteiger partial charge in [-0.25, -0.2) is 0 Å². The highest BCUT2D eigenvalue weighted by atomic mass is 16.3. The Balaban J connectivity index is 3.14. The van der Waals surface area contributed by atoms with Crippen molar-refractivity contribution in [1.82, 2.24) is 4.98 Å². The fourth-order valence-electron chi connectivity index (χ4n) is 1.90. The van der Waals surface area contributed by atoms with Crippen LogP contribution in [0.4, 0.5) is 0 Å². The van der Waals surface area contributed by atoms with Gasteiger partial charge < -0.3 is 5.11 Å². The topological polar surface area (TPSA) is 33.1 Å². The summed E-state index contributed by atoms with van der Waals surface area (Å²) in [6.45, 7) is 6.58. The first-order valence-electron chi connectivity index (χ1n) is 5.27. The molecule has 0 saturated carbocycles. The van der Waals surface area contributed by atoms with E-state index in [-0.39, 0.29) is 6.61 Å². The highest BCUT2D eigenvalue weighted by Crippen LogP contribution is 2.24. The van der Waals surface area contributed by atoms with Gasteiger partial charge in [-0.3, -0.25) is 4.98 Å². The molecule has 0 aliphatic rings. The number of aryl methyl sites for hydroxylation is 1. The molecule has 0 atom stereocenters. The molecule has 1 heterocycles. The average molecular weight is 193 g/mol. The van der Waals surface area contributed by atoms with E-state index in [0.29, 0.717) is 5.92 Å². The zero-order chi connectivity index (χ0) is 10.6. The zero-order valence-electron chi connectivity index (χ0n) is 9.25. The molecule has 0 spiro atoms. The van der Waals surface area contributed by atoms with Crippen LogP contribution in [0, 0.1) is 0 Å². The Labute approximate surface area is 86.0 Å². The van der Waals surface area contributed by atoms with E-state index in [9.17, 15) is 5.11 Å². The minimum absolute atomic E-state index is 0.0953. The van der Waals surface area contributed by atoms with E-state index in [1.807, 2.05) is 6.20 Å². The molecule has 0 unspecified atom stereocenters. The summed E-state index contributed by atoms with van der Waals surface area (Å²) < 4.78 is 0. The van der Waals surface area contributed by atoms with Gasteiger partial charge in [-0.2, -0.15) is 0 Å². The van der Waals surface area contributed by atoms with Crippen molar-refractivity contribution in [2.75, 3.05) is 0 Å². The third-order valence-electron chi connectivity index (χ3n) is 2.42. The summed E-state index contributed by atoms with van der Waals surface area (Å²) in [5.74, 6) is 0.460. The first kappa shape index (κ1) is 11.2. The van der Waals surface area contributed by atoms with Crippen LogP contribution in [0.15, 0.2) is 12.4 Å². The first-order chi connectivity index (χ1) is 6.70. The van der Waals surface area contributed by atoms with Crippen LogP contribution in [0.1, 0.15) is 49.8 Å². The van der Waals surface area contributed by atoms with Crippen LogP contribution in [-0.4, -0.2) is 10.1 Å². The van der Waals surface area contributed by atoms with Crippen molar-refractivity contribution in [3.63, 3.8) is 0 Å². The van der Waals surface area contributed by atoms with E-state index in [1.54, 1.807) is 6.20 Å². The Kier molecular flexibility index (Phi) is 4.08. The second-order valence-corrected chi connectivity index (χ2v) is 3.93. The summed E-state index contributed by atoms with van der Waals surface area (Å²) in [7, 11) is 0. The number of pyridine rings is 1. The molecule has 14 heavy (non-hydrogen) atoms. The molecule has 1 N–H and O–H groups in total. The Bertz CT molecular complexity index is 294. The van der Waals surface area contributed by atoms with Gasteiger partial charge in [0.2, 0.25) is 0 Å². The quantitative estimate of drug-likeness (QED) is 0.797. The van der Waals surface area contributed by atoms with Crippen molar-refractivity contribution in [3.8, 4) is 0 Å². The second-order valence-electron chi connectivity index (χ2n) is 3.93. The predicted octanol–water partition coefficient (Wildman–Crippen LogP) is 2.65.